The van der Waals surface area contributed by atoms with Gasteiger partial charge in [0.2, 0.25) is 5.91 Å². The average molecular weight is 377 g/mol. The fraction of sp³-hybridized carbons (Fsp3) is 0.381. The highest BCUT2D eigenvalue weighted by Crippen LogP contribution is 2.34. The van der Waals surface area contributed by atoms with E-state index in [1.165, 1.54) is 6.07 Å². The Hall–Kier alpha value is -2.63. The summed E-state index contributed by atoms with van der Waals surface area (Å²) in [7, 11) is 0. The van der Waals surface area contributed by atoms with Crippen LogP contribution >= 0.6 is 0 Å². The number of halogens is 2. The molecule has 1 amide bonds. The molecule has 0 unspecified atom stereocenters. The lowest BCUT2D eigenvalue weighted by Crippen LogP contribution is -2.13. The van der Waals surface area contributed by atoms with Crippen LogP contribution < -0.4 is 14.8 Å². The Bertz CT molecular complexity index is 806. The van der Waals surface area contributed by atoms with Gasteiger partial charge in [-0.1, -0.05) is 13.0 Å². The molecule has 0 fully saturated rings. The highest BCUT2D eigenvalue weighted by Gasteiger charge is 2.18. The standard InChI is InChI=1S/C21H25F2NO3/c1-5-20(25)24-17-8-7-9-18(26-6-2)16(17)12-27-19-11-14(4)13(3)10-15(19)21(22)23/h7-11,21H,5-6,12H2,1-4H3,(H,24,25). The summed E-state index contributed by atoms with van der Waals surface area (Å²) in [5.74, 6) is 0.533. The first-order chi connectivity index (χ1) is 12.9. The lowest BCUT2D eigenvalue weighted by molar-refractivity contribution is -0.115. The van der Waals surface area contributed by atoms with Gasteiger partial charge in [0.05, 0.1) is 23.4 Å². The molecule has 2 aromatic rings. The average Bonchev–Trinajstić information content (AvgIpc) is 2.63. The Morgan fingerprint density at radius 1 is 1.07 bits per heavy atom. The summed E-state index contributed by atoms with van der Waals surface area (Å²) in [6, 6.07) is 8.33. The molecule has 0 saturated carbocycles. The van der Waals surface area contributed by atoms with Crippen molar-refractivity contribution in [3.05, 3.63) is 52.6 Å². The van der Waals surface area contributed by atoms with E-state index in [1.807, 2.05) is 13.8 Å². The second-order valence-electron chi connectivity index (χ2n) is 6.18. The van der Waals surface area contributed by atoms with E-state index in [9.17, 15) is 13.6 Å². The molecule has 0 bridgehead atoms. The minimum atomic E-state index is -2.64. The maximum absolute atomic E-state index is 13.4. The van der Waals surface area contributed by atoms with Gasteiger partial charge in [0.25, 0.3) is 6.43 Å². The molecule has 0 atom stereocenters. The molecule has 0 aromatic heterocycles. The Balaban J connectivity index is 2.36. The van der Waals surface area contributed by atoms with E-state index in [0.717, 1.165) is 11.1 Å². The third kappa shape index (κ3) is 5.18. The molecular weight excluding hydrogens is 352 g/mol. The molecule has 0 aliphatic rings. The van der Waals surface area contributed by atoms with E-state index in [1.54, 1.807) is 38.1 Å². The van der Waals surface area contributed by atoms with Crippen LogP contribution in [-0.2, 0) is 11.4 Å². The monoisotopic (exact) mass is 377 g/mol. The number of rotatable bonds is 8. The summed E-state index contributed by atoms with van der Waals surface area (Å²) < 4.78 is 38.2. The van der Waals surface area contributed by atoms with Gasteiger partial charge in [-0.15, -0.1) is 0 Å². The normalized spacial score (nSPS) is 10.8. The van der Waals surface area contributed by atoms with Gasteiger partial charge in [0.15, 0.2) is 0 Å². The van der Waals surface area contributed by atoms with Crippen LogP contribution in [0.4, 0.5) is 14.5 Å². The van der Waals surface area contributed by atoms with E-state index in [4.69, 9.17) is 9.47 Å². The van der Waals surface area contributed by atoms with Crippen LogP contribution in [0.25, 0.3) is 0 Å². The first kappa shape index (κ1) is 20.7. The molecule has 146 valence electrons. The Kier molecular flexibility index (Phi) is 7.16. The van der Waals surface area contributed by atoms with Crippen molar-refractivity contribution in [2.45, 2.75) is 47.1 Å². The number of benzene rings is 2. The second kappa shape index (κ2) is 9.35. The van der Waals surface area contributed by atoms with Crippen LogP contribution in [-0.4, -0.2) is 12.5 Å². The number of nitrogens with one attached hydrogen (secondary N) is 1. The lowest BCUT2D eigenvalue weighted by atomic mass is 10.1. The summed E-state index contributed by atoms with van der Waals surface area (Å²) in [6.45, 7) is 7.66. The second-order valence-corrected chi connectivity index (χ2v) is 6.18. The number of anilines is 1. The lowest BCUT2D eigenvalue weighted by Gasteiger charge is -2.18. The third-order valence-corrected chi connectivity index (χ3v) is 4.26. The van der Waals surface area contributed by atoms with E-state index in [2.05, 4.69) is 5.32 Å². The van der Waals surface area contributed by atoms with Crippen molar-refractivity contribution in [3.63, 3.8) is 0 Å². The number of carbonyl (C=O) groups excluding carboxylic acids is 1. The molecule has 0 spiro atoms. The predicted octanol–water partition coefficient (Wildman–Crippen LogP) is 5.57. The Labute approximate surface area is 158 Å². The van der Waals surface area contributed by atoms with Crippen LogP contribution in [0.2, 0.25) is 0 Å². The SMILES string of the molecule is CCOc1cccc(NC(=O)CC)c1COc1cc(C)c(C)cc1C(F)F. The number of carbonyl (C=O) groups is 1. The van der Waals surface area contributed by atoms with E-state index in [0.29, 0.717) is 30.0 Å². The fourth-order valence-corrected chi connectivity index (χ4v) is 2.62. The quantitative estimate of drug-likeness (QED) is 0.654. The number of amides is 1. The summed E-state index contributed by atoms with van der Waals surface area (Å²) >= 11 is 0. The van der Waals surface area contributed by atoms with Crippen molar-refractivity contribution in [3.8, 4) is 11.5 Å². The maximum Gasteiger partial charge on any atom is 0.267 e. The number of hydrogen-bond donors (Lipinski definition) is 1. The first-order valence-corrected chi connectivity index (χ1v) is 8.93. The zero-order valence-corrected chi connectivity index (χ0v) is 16.1. The number of alkyl halides is 2. The van der Waals surface area contributed by atoms with Crippen molar-refractivity contribution in [2.24, 2.45) is 0 Å². The molecule has 2 aromatic carbocycles. The molecule has 2 rings (SSSR count). The van der Waals surface area contributed by atoms with Crippen LogP contribution in [0.5, 0.6) is 11.5 Å². The molecule has 0 radical (unpaired) electrons. The van der Waals surface area contributed by atoms with Crippen LogP contribution in [0, 0.1) is 13.8 Å². The van der Waals surface area contributed by atoms with Crippen LogP contribution in [0.3, 0.4) is 0 Å². The zero-order chi connectivity index (χ0) is 20.0. The number of hydrogen-bond acceptors (Lipinski definition) is 3. The smallest absolute Gasteiger partial charge is 0.267 e. The van der Waals surface area contributed by atoms with E-state index < -0.39 is 6.43 Å². The van der Waals surface area contributed by atoms with Gasteiger partial charge < -0.3 is 14.8 Å². The highest BCUT2D eigenvalue weighted by molar-refractivity contribution is 5.91. The number of aryl methyl sites for hydroxylation is 2. The van der Waals surface area contributed by atoms with Crippen molar-refractivity contribution in [1.82, 2.24) is 0 Å². The number of ether oxygens (including phenoxy) is 2. The Morgan fingerprint density at radius 3 is 2.41 bits per heavy atom. The van der Waals surface area contributed by atoms with Gasteiger partial charge in [-0.05, 0) is 56.2 Å². The minimum absolute atomic E-state index is 0.00226. The summed E-state index contributed by atoms with van der Waals surface area (Å²) in [6.07, 6.45) is -2.31. The predicted molar refractivity (Wildman–Crippen MR) is 102 cm³/mol. The van der Waals surface area contributed by atoms with Crippen molar-refractivity contribution in [1.29, 1.82) is 0 Å². The largest absolute Gasteiger partial charge is 0.493 e. The topological polar surface area (TPSA) is 47.6 Å². The Morgan fingerprint density at radius 2 is 1.78 bits per heavy atom. The van der Waals surface area contributed by atoms with Gasteiger partial charge in [0, 0.05) is 6.42 Å². The minimum Gasteiger partial charge on any atom is -0.493 e. The van der Waals surface area contributed by atoms with Crippen molar-refractivity contribution in [2.75, 3.05) is 11.9 Å². The van der Waals surface area contributed by atoms with Gasteiger partial charge >= 0.3 is 0 Å². The van der Waals surface area contributed by atoms with Crippen LogP contribution in [0.1, 0.15) is 48.9 Å². The molecule has 0 aliphatic heterocycles. The first-order valence-electron chi connectivity index (χ1n) is 8.93. The van der Waals surface area contributed by atoms with Crippen molar-refractivity contribution >= 4 is 11.6 Å². The van der Waals surface area contributed by atoms with Gasteiger partial charge in [-0.3, -0.25) is 4.79 Å². The molecule has 0 heterocycles. The molecule has 0 saturated heterocycles. The van der Waals surface area contributed by atoms with Crippen molar-refractivity contribution < 1.29 is 23.0 Å². The summed E-state index contributed by atoms with van der Waals surface area (Å²) in [4.78, 5) is 11.8. The molecular formula is C21H25F2NO3. The van der Waals surface area contributed by atoms with E-state index in [-0.39, 0.29) is 23.8 Å². The molecule has 0 aliphatic carbocycles. The van der Waals surface area contributed by atoms with E-state index >= 15 is 0 Å². The van der Waals surface area contributed by atoms with Gasteiger partial charge in [-0.2, -0.15) is 0 Å². The zero-order valence-electron chi connectivity index (χ0n) is 16.1. The molecule has 1 N–H and O–H groups in total. The van der Waals surface area contributed by atoms with Gasteiger partial charge in [-0.25, -0.2) is 8.78 Å². The highest BCUT2D eigenvalue weighted by atomic mass is 19.3. The maximum atomic E-state index is 13.4. The molecule has 4 nitrogen and oxygen atoms in total. The van der Waals surface area contributed by atoms with Gasteiger partial charge in [0.1, 0.15) is 18.1 Å². The third-order valence-electron chi connectivity index (χ3n) is 4.26. The van der Waals surface area contributed by atoms with Crippen LogP contribution in [0.15, 0.2) is 30.3 Å². The fourth-order valence-electron chi connectivity index (χ4n) is 2.62. The molecule has 27 heavy (non-hydrogen) atoms. The summed E-state index contributed by atoms with van der Waals surface area (Å²) in [5, 5.41) is 2.81. The molecule has 6 heteroatoms. The summed E-state index contributed by atoms with van der Waals surface area (Å²) in [5.41, 5.74) is 2.66.